The summed E-state index contributed by atoms with van der Waals surface area (Å²) in [7, 11) is 0. The van der Waals surface area contributed by atoms with Crippen LogP contribution in [0.3, 0.4) is 0 Å². The van der Waals surface area contributed by atoms with E-state index in [2.05, 4.69) is 22.4 Å². The minimum Gasteiger partial charge on any atom is -0.339 e. The van der Waals surface area contributed by atoms with Crippen LogP contribution in [0, 0.1) is 0 Å². The molecule has 0 radical (unpaired) electrons. The summed E-state index contributed by atoms with van der Waals surface area (Å²) < 4.78 is 0. The Hall–Kier alpha value is -0.960. The van der Waals surface area contributed by atoms with E-state index in [0.717, 1.165) is 18.5 Å². The Morgan fingerprint density at radius 3 is 2.65 bits per heavy atom. The normalized spacial score (nSPS) is 13.9. The van der Waals surface area contributed by atoms with E-state index in [1.54, 1.807) is 6.07 Å². The molecule has 0 amide bonds. The van der Waals surface area contributed by atoms with Gasteiger partial charge in [0.05, 0.1) is 10.0 Å². The Morgan fingerprint density at radius 1 is 1.00 bits per heavy atom. The Kier molecular flexibility index (Phi) is 4.06. The number of hydrogen-bond acceptors (Lipinski definition) is 2. The molecule has 0 fully saturated rings. The van der Waals surface area contributed by atoms with Crippen molar-refractivity contribution in [3.05, 3.63) is 50.6 Å². The molecule has 20 heavy (non-hydrogen) atoms. The third-order valence-electron chi connectivity index (χ3n) is 3.54. The quantitative estimate of drug-likeness (QED) is 0.719. The molecule has 0 saturated carbocycles. The fourth-order valence-corrected chi connectivity index (χ4v) is 3.10. The van der Waals surface area contributed by atoms with Crippen LogP contribution in [0.25, 0.3) is 0 Å². The van der Waals surface area contributed by atoms with Crippen molar-refractivity contribution in [3.63, 3.8) is 0 Å². The van der Waals surface area contributed by atoms with E-state index in [1.807, 2.05) is 6.07 Å². The first-order chi connectivity index (χ1) is 9.65. The third-order valence-corrected chi connectivity index (χ3v) is 4.50. The second-order valence-electron chi connectivity index (χ2n) is 4.87. The van der Waals surface area contributed by atoms with Crippen LogP contribution >= 0.6 is 34.8 Å². The molecule has 1 heterocycles. The van der Waals surface area contributed by atoms with Gasteiger partial charge in [-0.2, -0.15) is 0 Å². The predicted molar refractivity (Wildman–Crippen MR) is 85.6 cm³/mol. The average molecular weight is 328 g/mol. The van der Waals surface area contributed by atoms with Crippen LogP contribution in [-0.4, -0.2) is 4.98 Å². The highest BCUT2D eigenvalue weighted by molar-refractivity contribution is 6.43. The summed E-state index contributed by atoms with van der Waals surface area (Å²) in [6.07, 6.45) is 4.68. The van der Waals surface area contributed by atoms with Crippen molar-refractivity contribution in [2.45, 2.75) is 25.7 Å². The van der Waals surface area contributed by atoms with E-state index in [9.17, 15) is 0 Å². The zero-order valence-corrected chi connectivity index (χ0v) is 13.0. The van der Waals surface area contributed by atoms with Gasteiger partial charge < -0.3 is 5.32 Å². The summed E-state index contributed by atoms with van der Waals surface area (Å²) in [5.74, 6) is 0.542. The number of halogens is 3. The van der Waals surface area contributed by atoms with Crippen molar-refractivity contribution in [1.29, 1.82) is 0 Å². The summed E-state index contributed by atoms with van der Waals surface area (Å²) >= 11 is 18.0. The molecule has 5 heteroatoms. The van der Waals surface area contributed by atoms with Gasteiger partial charge in [0.15, 0.2) is 5.82 Å². The molecular formula is C15H13Cl3N2. The summed E-state index contributed by atoms with van der Waals surface area (Å²) in [6.45, 7) is 0. The molecule has 3 rings (SSSR count). The number of anilines is 2. The van der Waals surface area contributed by atoms with Crippen LogP contribution in [0.15, 0.2) is 24.3 Å². The van der Waals surface area contributed by atoms with Gasteiger partial charge in [-0.25, -0.2) is 4.98 Å². The molecule has 0 saturated heterocycles. The van der Waals surface area contributed by atoms with Crippen molar-refractivity contribution in [2.24, 2.45) is 0 Å². The molecule has 0 aliphatic heterocycles. The maximum absolute atomic E-state index is 6.17. The van der Waals surface area contributed by atoms with Crippen molar-refractivity contribution >= 4 is 46.3 Å². The fraction of sp³-hybridized carbons (Fsp3) is 0.267. The number of hydrogen-bond donors (Lipinski definition) is 1. The first-order valence-electron chi connectivity index (χ1n) is 6.54. The second kappa shape index (κ2) is 5.80. The molecule has 1 aliphatic rings. The summed E-state index contributed by atoms with van der Waals surface area (Å²) in [4.78, 5) is 4.21. The Labute approximate surface area is 133 Å². The lowest BCUT2D eigenvalue weighted by Gasteiger charge is -2.20. The lowest BCUT2D eigenvalue weighted by molar-refractivity contribution is 0.687. The maximum atomic E-state index is 6.17. The maximum Gasteiger partial charge on any atom is 0.151 e. The van der Waals surface area contributed by atoms with E-state index >= 15 is 0 Å². The molecule has 0 unspecified atom stereocenters. The SMILES string of the molecule is Clc1cc(Cl)c(Nc2cccc3c2CCCC3)nc1Cl. The van der Waals surface area contributed by atoms with Gasteiger partial charge in [0.2, 0.25) is 0 Å². The van der Waals surface area contributed by atoms with Crippen LogP contribution in [-0.2, 0) is 12.8 Å². The molecule has 1 aromatic heterocycles. The van der Waals surface area contributed by atoms with Crippen molar-refractivity contribution in [1.82, 2.24) is 4.98 Å². The molecule has 0 bridgehead atoms. The van der Waals surface area contributed by atoms with Gasteiger partial charge in [-0.15, -0.1) is 0 Å². The third kappa shape index (κ3) is 2.73. The minimum absolute atomic E-state index is 0.253. The van der Waals surface area contributed by atoms with Gasteiger partial charge in [0, 0.05) is 5.69 Å². The summed E-state index contributed by atoms with van der Waals surface area (Å²) in [5, 5.41) is 4.36. The van der Waals surface area contributed by atoms with Crippen molar-refractivity contribution < 1.29 is 0 Å². The van der Waals surface area contributed by atoms with Crippen molar-refractivity contribution in [3.8, 4) is 0 Å². The van der Waals surface area contributed by atoms with Crippen LogP contribution in [0.1, 0.15) is 24.0 Å². The summed E-state index contributed by atoms with van der Waals surface area (Å²) in [6, 6.07) is 7.89. The molecule has 104 valence electrons. The number of benzene rings is 1. The lowest BCUT2D eigenvalue weighted by atomic mass is 9.90. The van der Waals surface area contributed by atoms with E-state index in [1.165, 1.54) is 24.0 Å². The van der Waals surface area contributed by atoms with Gasteiger partial charge in [0.1, 0.15) is 5.15 Å². The zero-order valence-electron chi connectivity index (χ0n) is 10.7. The number of aryl methyl sites for hydroxylation is 1. The van der Waals surface area contributed by atoms with E-state index in [-0.39, 0.29) is 5.15 Å². The highest BCUT2D eigenvalue weighted by Crippen LogP contribution is 2.34. The molecule has 1 N–H and O–H groups in total. The molecule has 1 aliphatic carbocycles. The molecule has 2 nitrogen and oxygen atoms in total. The first-order valence-corrected chi connectivity index (χ1v) is 7.68. The standard InChI is InChI=1S/C15H13Cl3N2/c16-11-8-12(17)15(20-14(11)18)19-13-7-3-5-9-4-1-2-6-10(9)13/h3,5,7-8H,1-2,4,6H2,(H,19,20). The second-order valence-corrected chi connectivity index (χ2v) is 6.04. The molecule has 0 spiro atoms. The Balaban J connectivity index is 1.98. The number of rotatable bonds is 2. The van der Waals surface area contributed by atoms with Crippen LogP contribution < -0.4 is 5.32 Å². The van der Waals surface area contributed by atoms with Gasteiger partial charge >= 0.3 is 0 Å². The van der Waals surface area contributed by atoms with Crippen LogP contribution in [0.4, 0.5) is 11.5 Å². The minimum atomic E-state index is 0.253. The highest BCUT2D eigenvalue weighted by Gasteiger charge is 2.15. The van der Waals surface area contributed by atoms with Gasteiger partial charge in [-0.1, -0.05) is 46.9 Å². The lowest BCUT2D eigenvalue weighted by Crippen LogP contribution is -2.06. The van der Waals surface area contributed by atoms with Gasteiger partial charge in [-0.3, -0.25) is 0 Å². The Morgan fingerprint density at radius 2 is 1.80 bits per heavy atom. The molecular weight excluding hydrogens is 315 g/mol. The van der Waals surface area contributed by atoms with Crippen LogP contribution in [0.2, 0.25) is 15.2 Å². The Bertz CT molecular complexity index is 656. The number of pyridine rings is 1. The predicted octanol–water partition coefficient (Wildman–Crippen LogP) is 5.66. The molecule has 2 aromatic rings. The van der Waals surface area contributed by atoms with E-state index < -0.39 is 0 Å². The molecule has 1 aromatic carbocycles. The molecule has 0 atom stereocenters. The fourth-order valence-electron chi connectivity index (χ4n) is 2.56. The van der Waals surface area contributed by atoms with Gasteiger partial charge in [-0.05, 0) is 48.9 Å². The van der Waals surface area contributed by atoms with Crippen molar-refractivity contribution in [2.75, 3.05) is 5.32 Å². The monoisotopic (exact) mass is 326 g/mol. The first kappa shape index (κ1) is 14.0. The van der Waals surface area contributed by atoms with Gasteiger partial charge in [0.25, 0.3) is 0 Å². The zero-order chi connectivity index (χ0) is 14.1. The number of nitrogens with zero attached hydrogens (tertiary/aromatic N) is 1. The largest absolute Gasteiger partial charge is 0.339 e. The highest BCUT2D eigenvalue weighted by atomic mass is 35.5. The average Bonchev–Trinajstić information content (AvgIpc) is 2.45. The topological polar surface area (TPSA) is 24.9 Å². The summed E-state index contributed by atoms with van der Waals surface area (Å²) in [5.41, 5.74) is 3.80. The smallest absolute Gasteiger partial charge is 0.151 e. The number of nitrogens with one attached hydrogen (secondary N) is 1. The number of fused-ring (bicyclic) bond motifs is 1. The van der Waals surface area contributed by atoms with Crippen LogP contribution in [0.5, 0.6) is 0 Å². The number of aromatic nitrogens is 1. The van der Waals surface area contributed by atoms with E-state index in [0.29, 0.717) is 15.9 Å². The van der Waals surface area contributed by atoms with E-state index in [4.69, 9.17) is 34.8 Å².